The quantitative estimate of drug-likeness (QED) is 0.538. The Labute approximate surface area is 176 Å². The molecule has 2 aromatic rings. The van der Waals surface area contributed by atoms with Crippen molar-refractivity contribution in [3.8, 4) is 0 Å². The van der Waals surface area contributed by atoms with Crippen LogP contribution < -0.4 is 10.2 Å². The van der Waals surface area contributed by atoms with Crippen molar-refractivity contribution in [3.05, 3.63) is 58.6 Å². The van der Waals surface area contributed by atoms with Gasteiger partial charge in [-0.3, -0.25) is 4.79 Å². The van der Waals surface area contributed by atoms with Crippen LogP contribution in [0, 0.1) is 6.92 Å². The van der Waals surface area contributed by atoms with Crippen LogP contribution in [0.5, 0.6) is 0 Å². The second kappa shape index (κ2) is 10.6. The summed E-state index contributed by atoms with van der Waals surface area (Å²) < 4.78 is 25.4. The molecule has 0 unspecified atom stereocenters. The van der Waals surface area contributed by atoms with Crippen LogP contribution in [0.2, 0.25) is 0 Å². The summed E-state index contributed by atoms with van der Waals surface area (Å²) in [5.74, 6) is -0.426. The second-order valence-corrected chi connectivity index (χ2v) is 9.67. The molecule has 0 heterocycles. The number of hydrogen-bond donors (Lipinski definition) is 1. The highest BCUT2D eigenvalue weighted by Crippen LogP contribution is 2.17. The molecule has 0 bridgehead atoms. The summed E-state index contributed by atoms with van der Waals surface area (Å²) in [4.78, 5) is 14.5. The summed E-state index contributed by atoms with van der Waals surface area (Å²) in [6.07, 6.45) is 0.765. The van der Waals surface area contributed by atoms with E-state index in [0.717, 1.165) is 24.0 Å². The number of halogens is 1. The SMILES string of the molecule is CCN(CCCNC(=O)CCS(=O)(=O)c1ccc(Br)cc1)c1cccc(C)c1. The highest BCUT2D eigenvalue weighted by molar-refractivity contribution is 9.10. The van der Waals surface area contributed by atoms with Crippen molar-refractivity contribution < 1.29 is 13.2 Å². The number of carbonyl (C=O) groups excluding carboxylic acids is 1. The van der Waals surface area contributed by atoms with Crippen LogP contribution >= 0.6 is 15.9 Å². The maximum absolute atomic E-state index is 12.3. The van der Waals surface area contributed by atoms with Gasteiger partial charge < -0.3 is 10.2 Å². The van der Waals surface area contributed by atoms with Gasteiger partial charge in [-0.25, -0.2) is 8.42 Å². The van der Waals surface area contributed by atoms with E-state index in [0.29, 0.717) is 6.54 Å². The fraction of sp³-hybridized carbons (Fsp3) is 0.381. The van der Waals surface area contributed by atoms with E-state index in [2.05, 4.69) is 58.2 Å². The Morgan fingerprint density at radius 3 is 2.50 bits per heavy atom. The molecule has 0 fully saturated rings. The predicted octanol–water partition coefficient (Wildman–Crippen LogP) is 3.95. The highest BCUT2D eigenvalue weighted by atomic mass is 79.9. The van der Waals surface area contributed by atoms with Crippen molar-refractivity contribution in [3.63, 3.8) is 0 Å². The number of benzene rings is 2. The summed E-state index contributed by atoms with van der Waals surface area (Å²) in [5, 5.41) is 2.82. The molecule has 0 radical (unpaired) electrons. The minimum Gasteiger partial charge on any atom is -0.372 e. The molecule has 5 nitrogen and oxygen atoms in total. The minimum absolute atomic E-state index is 0.0340. The zero-order valence-electron chi connectivity index (χ0n) is 16.3. The highest BCUT2D eigenvalue weighted by Gasteiger charge is 2.16. The number of nitrogens with one attached hydrogen (secondary N) is 1. The predicted molar refractivity (Wildman–Crippen MR) is 118 cm³/mol. The van der Waals surface area contributed by atoms with Gasteiger partial charge in [-0.2, -0.15) is 0 Å². The van der Waals surface area contributed by atoms with E-state index in [4.69, 9.17) is 0 Å². The van der Waals surface area contributed by atoms with E-state index < -0.39 is 9.84 Å². The largest absolute Gasteiger partial charge is 0.372 e. The Kier molecular flexibility index (Phi) is 8.51. The zero-order chi connectivity index (χ0) is 20.6. The van der Waals surface area contributed by atoms with Crippen molar-refractivity contribution in [1.29, 1.82) is 0 Å². The van der Waals surface area contributed by atoms with E-state index >= 15 is 0 Å². The van der Waals surface area contributed by atoms with Gasteiger partial charge in [-0.05, 0) is 62.2 Å². The number of amides is 1. The van der Waals surface area contributed by atoms with Gasteiger partial charge >= 0.3 is 0 Å². The third kappa shape index (κ3) is 6.95. The van der Waals surface area contributed by atoms with Crippen LogP contribution in [0.25, 0.3) is 0 Å². The summed E-state index contributed by atoms with van der Waals surface area (Å²) in [5.41, 5.74) is 2.39. The maximum Gasteiger partial charge on any atom is 0.221 e. The van der Waals surface area contributed by atoms with Crippen molar-refractivity contribution in [2.75, 3.05) is 30.3 Å². The van der Waals surface area contributed by atoms with Gasteiger partial charge in [-0.15, -0.1) is 0 Å². The Morgan fingerprint density at radius 1 is 1.14 bits per heavy atom. The molecule has 0 aliphatic heterocycles. The van der Waals surface area contributed by atoms with Crippen LogP contribution in [0.4, 0.5) is 5.69 Å². The molecule has 0 aliphatic carbocycles. The smallest absolute Gasteiger partial charge is 0.221 e. The topological polar surface area (TPSA) is 66.5 Å². The molecule has 2 rings (SSSR count). The molecular weight excluding hydrogens is 440 g/mol. The number of hydrogen-bond acceptors (Lipinski definition) is 4. The third-order valence-corrected chi connectivity index (χ3v) is 6.71. The lowest BCUT2D eigenvalue weighted by atomic mass is 10.2. The molecule has 0 aliphatic rings. The summed E-state index contributed by atoms with van der Waals surface area (Å²) in [7, 11) is -3.45. The van der Waals surface area contributed by atoms with Crippen LogP contribution in [0.15, 0.2) is 57.9 Å². The minimum atomic E-state index is -3.45. The number of carbonyl (C=O) groups is 1. The Hall–Kier alpha value is -1.86. The van der Waals surface area contributed by atoms with Crippen LogP contribution in [-0.2, 0) is 14.6 Å². The van der Waals surface area contributed by atoms with Gasteiger partial charge in [0.2, 0.25) is 5.91 Å². The third-order valence-electron chi connectivity index (χ3n) is 4.45. The molecule has 152 valence electrons. The van der Waals surface area contributed by atoms with Crippen molar-refractivity contribution in [1.82, 2.24) is 5.32 Å². The first kappa shape index (κ1) is 22.4. The van der Waals surface area contributed by atoms with Crippen molar-refractivity contribution in [2.45, 2.75) is 31.6 Å². The zero-order valence-corrected chi connectivity index (χ0v) is 18.7. The van der Waals surface area contributed by atoms with E-state index in [1.807, 2.05) is 6.07 Å². The van der Waals surface area contributed by atoms with Gasteiger partial charge in [-0.1, -0.05) is 28.1 Å². The lowest BCUT2D eigenvalue weighted by molar-refractivity contribution is -0.120. The molecular formula is C21H27BrN2O3S. The summed E-state index contributed by atoms with van der Waals surface area (Å²) in [6, 6.07) is 14.8. The molecule has 0 atom stereocenters. The second-order valence-electron chi connectivity index (χ2n) is 6.64. The molecule has 0 saturated heterocycles. The van der Waals surface area contributed by atoms with Crippen molar-refractivity contribution >= 4 is 37.4 Å². The van der Waals surface area contributed by atoms with Gasteiger partial charge in [0, 0.05) is 36.2 Å². The molecule has 0 spiro atoms. The Balaban J connectivity index is 1.74. The number of sulfone groups is 1. The standard InChI is InChI=1S/C21H27BrN2O3S/c1-3-24(19-7-4-6-17(2)16-19)14-5-13-23-21(25)12-15-28(26,27)20-10-8-18(22)9-11-20/h4,6-11,16H,3,5,12-15H2,1-2H3,(H,23,25). The van der Waals surface area contributed by atoms with E-state index in [1.165, 1.54) is 11.3 Å². The fourth-order valence-corrected chi connectivity index (χ4v) is 4.37. The lowest BCUT2D eigenvalue weighted by Gasteiger charge is -2.23. The van der Waals surface area contributed by atoms with Gasteiger partial charge in [0.05, 0.1) is 10.6 Å². The molecule has 1 amide bonds. The molecule has 0 aromatic heterocycles. The number of nitrogens with zero attached hydrogens (tertiary/aromatic N) is 1. The van der Waals surface area contributed by atoms with E-state index in [1.54, 1.807) is 24.3 Å². The van der Waals surface area contributed by atoms with E-state index in [-0.39, 0.29) is 23.0 Å². The molecule has 7 heteroatoms. The molecule has 2 aromatic carbocycles. The monoisotopic (exact) mass is 466 g/mol. The number of anilines is 1. The average molecular weight is 467 g/mol. The summed E-state index contributed by atoms with van der Waals surface area (Å²) in [6.45, 7) is 6.42. The Morgan fingerprint density at radius 2 is 1.86 bits per heavy atom. The van der Waals surface area contributed by atoms with Crippen LogP contribution in [-0.4, -0.2) is 39.7 Å². The molecule has 1 N–H and O–H groups in total. The van der Waals surface area contributed by atoms with Crippen molar-refractivity contribution in [2.24, 2.45) is 0 Å². The lowest BCUT2D eigenvalue weighted by Crippen LogP contribution is -2.30. The van der Waals surface area contributed by atoms with Gasteiger partial charge in [0.1, 0.15) is 0 Å². The maximum atomic E-state index is 12.3. The van der Waals surface area contributed by atoms with Crippen LogP contribution in [0.3, 0.4) is 0 Å². The van der Waals surface area contributed by atoms with E-state index in [9.17, 15) is 13.2 Å². The first-order valence-corrected chi connectivity index (χ1v) is 11.8. The first-order valence-electron chi connectivity index (χ1n) is 9.38. The van der Waals surface area contributed by atoms with Crippen LogP contribution in [0.1, 0.15) is 25.3 Å². The van der Waals surface area contributed by atoms with Gasteiger partial charge in [0.25, 0.3) is 0 Å². The fourth-order valence-electron chi connectivity index (χ4n) is 2.87. The van der Waals surface area contributed by atoms with Gasteiger partial charge in [0.15, 0.2) is 9.84 Å². The first-order chi connectivity index (χ1) is 13.3. The molecule has 0 saturated carbocycles. The normalized spacial score (nSPS) is 11.2. The summed E-state index contributed by atoms with van der Waals surface area (Å²) >= 11 is 3.28. The number of aryl methyl sites for hydroxylation is 1. The average Bonchev–Trinajstić information content (AvgIpc) is 2.67. The Bertz CT molecular complexity index is 883. The molecule has 28 heavy (non-hydrogen) atoms. The number of rotatable bonds is 10.